The molecular formula is C9H6Cl2N2O3. The van der Waals surface area contributed by atoms with E-state index >= 15 is 0 Å². The van der Waals surface area contributed by atoms with Crippen LogP contribution in [0.1, 0.15) is 5.82 Å². The van der Waals surface area contributed by atoms with E-state index in [-0.39, 0.29) is 10.8 Å². The summed E-state index contributed by atoms with van der Waals surface area (Å²) in [6.07, 6.45) is 0. The molecule has 0 radical (unpaired) electrons. The SMILES string of the molecule is O=c1onc(CO)n1-c1cccc(Cl)c1Cl. The molecule has 1 heterocycles. The first-order valence-electron chi connectivity index (χ1n) is 4.28. The highest BCUT2D eigenvalue weighted by molar-refractivity contribution is 6.43. The van der Waals surface area contributed by atoms with Gasteiger partial charge in [0.05, 0.1) is 15.7 Å². The maximum atomic E-state index is 11.4. The van der Waals surface area contributed by atoms with Gasteiger partial charge in [-0.2, -0.15) is 0 Å². The van der Waals surface area contributed by atoms with Crippen LogP contribution in [-0.2, 0) is 6.61 Å². The van der Waals surface area contributed by atoms with Gasteiger partial charge in [0.25, 0.3) is 0 Å². The molecule has 1 aromatic heterocycles. The molecule has 0 fully saturated rings. The molecule has 0 saturated heterocycles. The van der Waals surface area contributed by atoms with Crippen LogP contribution in [0, 0.1) is 0 Å². The lowest BCUT2D eigenvalue weighted by Crippen LogP contribution is -2.15. The van der Waals surface area contributed by atoms with E-state index < -0.39 is 12.4 Å². The van der Waals surface area contributed by atoms with Crippen molar-refractivity contribution in [2.45, 2.75) is 6.61 Å². The number of aliphatic hydroxyl groups excluding tert-OH is 1. The summed E-state index contributed by atoms with van der Waals surface area (Å²) >= 11 is 11.8. The molecule has 84 valence electrons. The van der Waals surface area contributed by atoms with Crippen molar-refractivity contribution >= 4 is 23.2 Å². The number of benzene rings is 1. The highest BCUT2D eigenvalue weighted by Crippen LogP contribution is 2.28. The number of aromatic nitrogens is 2. The summed E-state index contributed by atoms with van der Waals surface area (Å²) in [5.41, 5.74) is 0.324. The summed E-state index contributed by atoms with van der Waals surface area (Å²) in [6, 6.07) is 4.79. The third kappa shape index (κ3) is 1.73. The number of aliphatic hydroxyl groups is 1. The molecule has 1 aromatic carbocycles. The minimum absolute atomic E-state index is 0.0640. The van der Waals surface area contributed by atoms with Gasteiger partial charge in [-0.25, -0.2) is 9.36 Å². The Balaban J connectivity index is 2.72. The Kier molecular flexibility index (Phi) is 3.00. The van der Waals surface area contributed by atoms with E-state index in [1.54, 1.807) is 18.2 Å². The van der Waals surface area contributed by atoms with Gasteiger partial charge >= 0.3 is 5.76 Å². The van der Waals surface area contributed by atoms with Crippen LogP contribution in [0.3, 0.4) is 0 Å². The molecule has 0 spiro atoms. The van der Waals surface area contributed by atoms with E-state index in [2.05, 4.69) is 9.68 Å². The van der Waals surface area contributed by atoms with Crippen molar-refractivity contribution < 1.29 is 9.63 Å². The number of hydrogen-bond acceptors (Lipinski definition) is 4. The highest BCUT2D eigenvalue weighted by Gasteiger charge is 2.15. The van der Waals surface area contributed by atoms with Crippen LogP contribution in [0.4, 0.5) is 0 Å². The molecule has 0 unspecified atom stereocenters. The van der Waals surface area contributed by atoms with E-state index in [1.807, 2.05) is 0 Å². The molecule has 0 aliphatic heterocycles. The minimum Gasteiger partial charge on any atom is -0.388 e. The molecule has 2 aromatic rings. The van der Waals surface area contributed by atoms with E-state index in [0.29, 0.717) is 10.7 Å². The molecule has 0 amide bonds. The number of hydrogen-bond donors (Lipinski definition) is 1. The van der Waals surface area contributed by atoms with Gasteiger partial charge in [0, 0.05) is 0 Å². The maximum Gasteiger partial charge on any atom is 0.446 e. The monoisotopic (exact) mass is 260 g/mol. The van der Waals surface area contributed by atoms with Gasteiger partial charge in [-0.05, 0) is 12.1 Å². The fraction of sp³-hybridized carbons (Fsp3) is 0.111. The second-order valence-corrected chi connectivity index (χ2v) is 3.72. The zero-order valence-electron chi connectivity index (χ0n) is 7.85. The normalized spacial score (nSPS) is 10.7. The van der Waals surface area contributed by atoms with Gasteiger partial charge in [-0.1, -0.05) is 34.4 Å². The average molecular weight is 261 g/mol. The first-order valence-corrected chi connectivity index (χ1v) is 5.03. The zero-order chi connectivity index (χ0) is 11.7. The van der Waals surface area contributed by atoms with Gasteiger partial charge < -0.3 is 5.11 Å². The molecule has 0 aliphatic carbocycles. The maximum absolute atomic E-state index is 11.4. The molecular weight excluding hydrogens is 255 g/mol. The average Bonchev–Trinajstić information content (AvgIpc) is 2.64. The van der Waals surface area contributed by atoms with E-state index in [4.69, 9.17) is 28.3 Å². The Hall–Kier alpha value is -1.30. The van der Waals surface area contributed by atoms with Crippen LogP contribution < -0.4 is 5.76 Å². The standard InChI is InChI=1S/C9H6Cl2N2O3/c10-5-2-1-3-6(8(5)11)13-7(4-14)12-16-9(13)15/h1-3,14H,4H2. The van der Waals surface area contributed by atoms with Gasteiger partial charge in [0.2, 0.25) is 0 Å². The van der Waals surface area contributed by atoms with Crippen molar-refractivity contribution in [1.82, 2.24) is 9.72 Å². The third-order valence-electron chi connectivity index (χ3n) is 1.98. The van der Waals surface area contributed by atoms with Crippen molar-refractivity contribution in [1.29, 1.82) is 0 Å². The van der Waals surface area contributed by atoms with Crippen LogP contribution in [0.2, 0.25) is 10.0 Å². The highest BCUT2D eigenvalue weighted by atomic mass is 35.5. The number of halogens is 2. The Bertz CT molecular complexity index is 576. The van der Waals surface area contributed by atoms with Crippen LogP contribution in [0.15, 0.2) is 27.5 Å². The van der Waals surface area contributed by atoms with E-state index in [0.717, 1.165) is 4.57 Å². The molecule has 0 aliphatic rings. The minimum atomic E-state index is -0.729. The van der Waals surface area contributed by atoms with Crippen molar-refractivity contribution in [2.75, 3.05) is 0 Å². The van der Waals surface area contributed by atoms with Crippen molar-refractivity contribution in [3.05, 3.63) is 44.6 Å². The predicted molar refractivity (Wildman–Crippen MR) is 58.0 cm³/mol. The predicted octanol–water partition coefficient (Wildman–Crippen LogP) is 1.62. The molecule has 2 rings (SSSR count). The van der Waals surface area contributed by atoms with Crippen molar-refractivity contribution in [2.24, 2.45) is 0 Å². The summed E-state index contributed by atoms with van der Waals surface area (Å²) in [5.74, 6) is -0.664. The molecule has 5 nitrogen and oxygen atoms in total. The van der Waals surface area contributed by atoms with Crippen molar-refractivity contribution in [3.8, 4) is 5.69 Å². The van der Waals surface area contributed by atoms with Gasteiger partial charge in [-0.3, -0.25) is 4.52 Å². The number of nitrogens with zero attached hydrogens (tertiary/aromatic N) is 2. The second kappa shape index (κ2) is 4.29. The number of rotatable bonds is 2. The Labute approximate surface area is 99.8 Å². The van der Waals surface area contributed by atoms with E-state index in [1.165, 1.54) is 0 Å². The lowest BCUT2D eigenvalue weighted by Gasteiger charge is -2.05. The third-order valence-corrected chi connectivity index (χ3v) is 2.79. The van der Waals surface area contributed by atoms with Crippen LogP contribution in [-0.4, -0.2) is 14.8 Å². The smallest absolute Gasteiger partial charge is 0.388 e. The Morgan fingerprint density at radius 3 is 2.88 bits per heavy atom. The Morgan fingerprint density at radius 1 is 1.44 bits per heavy atom. The van der Waals surface area contributed by atoms with Crippen LogP contribution >= 0.6 is 23.2 Å². The lowest BCUT2D eigenvalue weighted by molar-refractivity contribution is 0.261. The molecule has 1 N–H and O–H groups in total. The van der Waals surface area contributed by atoms with Gasteiger partial charge in [0.15, 0.2) is 5.82 Å². The van der Waals surface area contributed by atoms with Gasteiger partial charge in [-0.15, -0.1) is 0 Å². The van der Waals surface area contributed by atoms with Gasteiger partial charge in [0.1, 0.15) is 6.61 Å². The largest absolute Gasteiger partial charge is 0.446 e. The first-order chi connectivity index (χ1) is 7.65. The van der Waals surface area contributed by atoms with Crippen LogP contribution in [0.25, 0.3) is 5.69 Å². The summed E-state index contributed by atoms with van der Waals surface area (Å²) in [5, 5.41) is 12.9. The molecule has 0 atom stereocenters. The zero-order valence-corrected chi connectivity index (χ0v) is 9.37. The molecule has 7 heteroatoms. The lowest BCUT2D eigenvalue weighted by atomic mass is 10.3. The van der Waals surface area contributed by atoms with Crippen molar-refractivity contribution in [3.63, 3.8) is 0 Å². The molecule has 16 heavy (non-hydrogen) atoms. The molecule has 0 saturated carbocycles. The fourth-order valence-electron chi connectivity index (χ4n) is 1.28. The van der Waals surface area contributed by atoms with Crippen LogP contribution in [0.5, 0.6) is 0 Å². The summed E-state index contributed by atoms with van der Waals surface area (Å²) in [4.78, 5) is 11.4. The second-order valence-electron chi connectivity index (χ2n) is 2.93. The summed E-state index contributed by atoms with van der Waals surface area (Å²) in [7, 11) is 0. The topological polar surface area (TPSA) is 68.3 Å². The Morgan fingerprint density at radius 2 is 2.19 bits per heavy atom. The first kappa shape index (κ1) is 11.2. The summed E-state index contributed by atoms with van der Waals surface area (Å²) in [6.45, 7) is -0.436. The summed E-state index contributed by atoms with van der Waals surface area (Å²) < 4.78 is 5.50. The quantitative estimate of drug-likeness (QED) is 0.891. The van der Waals surface area contributed by atoms with E-state index in [9.17, 15) is 4.79 Å². The fourth-order valence-corrected chi connectivity index (χ4v) is 1.66. The molecule has 0 bridgehead atoms.